The van der Waals surface area contributed by atoms with Crippen molar-refractivity contribution in [2.45, 2.75) is 52.5 Å². The average Bonchev–Trinajstić information content (AvgIpc) is 2.44. The Kier molecular flexibility index (Phi) is 3.88. The third-order valence-corrected chi connectivity index (χ3v) is 3.90. The lowest BCUT2D eigenvalue weighted by molar-refractivity contribution is 0.273. The summed E-state index contributed by atoms with van der Waals surface area (Å²) in [5.41, 5.74) is 3.53. The first-order chi connectivity index (χ1) is 8.12. The summed E-state index contributed by atoms with van der Waals surface area (Å²) in [4.78, 5) is 0. The second kappa shape index (κ2) is 5.22. The lowest BCUT2D eigenvalue weighted by Gasteiger charge is -2.27. The van der Waals surface area contributed by atoms with Crippen molar-refractivity contribution in [1.82, 2.24) is 5.32 Å². The van der Waals surface area contributed by atoms with E-state index in [2.05, 4.69) is 50.4 Å². The molecule has 0 heterocycles. The molecule has 1 aliphatic carbocycles. The zero-order valence-electron chi connectivity index (χ0n) is 11.4. The van der Waals surface area contributed by atoms with Gasteiger partial charge >= 0.3 is 0 Å². The fraction of sp³-hybridized carbons (Fsp3) is 0.625. The molecule has 17 heavy (non-hydrogen) atoms. The van der Waals surface area contributed by atoms with Crippen LogP contribution in [-0.2, 0) is 6.42 Å². The highest BCUT2D eigenvalue weighted by Gasteiger charge is 2.28. The van der Waals surface area contributed by atoms with Crippen LogP contribution in [0.25, 0.3) is 0 Å². The van der Waals surface area contributed by atoms with Crippen molar-refractivity contribution in [3.05, 3.63) is 35.4 Å². The average molecular weight is 231 g/mol. The lowest BCUT2D eigenvalue weighted by atomic mass is 9.83. The minimum Gasteiger partial charge on any atom is -0.310 e. The van der Waals surface area contributed by atoms with E-state index in [0.717, 1.165) is 6.54 Å². The number of rotatable bonds is 3. The van der Waals surface area contributed by atoms with E-state index in [1.54, 1.807) is 5.56 Å². The van der Waals surface area contributed by atoms with Gasteiger partial charge in [0.1, 0.15) is 0 Å². The van der Waals surface area contributed by atoms with Gasteiger partial charge in [0, 0.05) is 6.04 Å². The van der Waals surface area contributed by atoms with Crippen LogP contribution in [0.4, 0.5) is 0 Å². The number of nitrogens with one attached hydrogen (secondary N) is 1. The van der Waals surface area contributed by atoms with Crippen LogP contribution in [0.5, 0.6) is 0 Å². The summed E-state index contributed by atoms with van der Waals surface area (Å²) >= 11 is 0. The molecule has 0 radical (unpaired) electrons. The van der Waals surface area contributed by atoms with Crippen molar-refractivity contribution < 1.29 is 0 Å². The predicted molar refractivity (Wildman–Crippen MR) is 74.2 cm³/mol. The normalized spacial score (nSPS) is 22.9. The molecule has 1 aliphatic rings. The van der Waals surface area contributed by atoms with Crippen molar-refractivity contribution in [2.75, 3.05) is 6.54 Å². The van der Waals surface area contributed by atoms with Crippen LogP contribution in [0.2, 0.25) is 0 Å². The van der Waals surface area contributed by atoms with Crippen LogP contribution in [0, 0.1) is 5.41 Å². The molecular formula is C16H25N. The van der Waals surface area contributed by atoms with E-state index in [1.807, 2.05) is 0 Å². The molecule has 1 atom stereocenters. The Morgan fingerprint density at radius 2 is 2.06 bits per heavy atom. The van der Waals surface area contributed by atoms with Crippen molar-refractivity contribution >= 4 is 0 Å². The van der Waals surface area contributed by atoms with Gasteiger partial charge in [-0.25, -0.2) is 0 Å². The lowest BCUT2D eigenvalue weighted by Crippen LogP contribution is -2.26. The maximum atomic E-state index is 3.72. The van der Waals surface area contributed by atoms with E-state index >= 15 is 0 Å². The van der Waals surface area contributed by atoms with Gasteiger partial charge in [-0.1, -0.05) is 45.0 Å². The molecule has 1 heteroatoms. The van der Waals surface area contributed by atoms with E-state index in [-0.39, 0.29) is 0 Å². The van der Waals surface area contributed by atoms with E-state index in [4.69, 9.17) is 0 Å². The Hall–Kier alpha value is -0.820. The monoisotopic (exact) mass is 231 g/mol. The number of benzene rings is 1. The standard InChI is InChI=1S/C16H25N/c1-4-11-17-15-12-16(2,3)10-9-13-7-5-6-8-14(13)15/h5-8,15,17H,4,9-12H2,1-3H3. The van der Waals surface area contributed by atoms with E-state index in [1.165, 1.54) is 31.2 Å². The van der Waals surface area contributed by atoms with Gasteiger partial charge in [0.25, 0.3) is 0 Å². The van der Waals surface area contributed by atoms with Crippen LogP contribution in [0.15, 0.2) is 24.3 Å². The zero-order valence-corrected chi connectivity index (χ0v) is 11.4. The quantitative estimate of drug-likeness (QED) is 0.773. The van der Waals surface area contributed by atoms with Crippen LogP contribution in [-0.4, -0.2) is 6.54 Å². The molecule has 0 saturated heterocycles. The van der Waals surface area contributed by atoms with Crippen LogP contribution >= 0.6 is 0 Å². The maximum Gasteiger partial charge on any atom is 0.0328 e. The molecule has 94 valence electrons. The Morgan fingerprint density at radius 3 is 2.82 bits per heavy atom. The topological polar surface area (TPSA) is 12.0 Å². The van der Waals surface area contributed by atoms with Gasteiger partial charge in [-0.05, 0) is 48.8 Å². The number of hydrogen-bond acceptors (Lipinski definition) is 1. The number of hydrogen-bond donors (Lipinski definition) is 1. The zero-order chi connectivity index (χ0) is 12.3. The molecule has 0 aromatic heterocycles. The second-order valence-corrected chi connectivity index (χ2v) is 6.07. The first-order valence-corrected chi connectivity index (χ1v) is 6.93. The summed E-state index contributed by atoms with van der Waals surface area (Å²) in [6.45, 7) is 8.16. The molecule has 2 rings (SSSR count). The Labute approximate surface area is 106 Å². The van der Waals surface area contributed by atoms with Gasteiger partial charge in [-0.15, -0.1) is 0 Å². The minimum absolute atomic E-state index is 0.449. The first kappa shape index (κ1) is 12.6. The SMILES string of the molecule is CCCNC1CC(C)(C)CCc2ccccc21. The second-order valence-electron chi connectivity index (χ2n) is 6.07. The first-order valence-electron chi connectivity index (χ1n) is 6.93. The Bertz CT molecular complexity index is 368. The highest BCUT2D eigenvalue weighted by molar-refractivity contribution is 5.31. The molecule has 0 aliphatic heterocycles. The molecule has 0 bridgehead atoms. The van der Waals surface area contributed by atoms with Crippen molar-refractivity contribution in [2.24, 2.45) is 5.41 Å². The fourth-order valence-electron chi connectivity index (χ4n) is 2.84. The molecule has 1 nitrogen and oxygen atoms in total. The molecule has 1 N–H and O–H groups in total. The third-order valence-electron chi connectivity index (χ3n) is 3.90. The maximum absolute atomic E-state index is 3.72. The molecule has 1 unspecified atom stereocenters. The molecule has 0 saturated carbocycles. The Morgan fingerprint density at radius 1 is 1.29 bits per heavy atom. The highest BCUT2D eigenvalue weighted by Crippen LogP contribution is 2.39. The van der Waals surface area contributed by atoms with E-state index in [9.17, 15) is 0 Å². The van der Waals surface area contributed by atoms with Crippen molar-refractivity contribution in [3.63, 3.8) is 0 Å². The molecule has 1 aromatic rings. The summed E-state index contributed by atoms with van der Waals surface area (Å²) in [6, 6.07) is 9.51. The smallest absolute Gasteiger partial charge is 0.0328 e. The summed E-state index contributed by atoms with van der Waals surface area (Å²) in [5.74, 6) is 0. The number of aryl methyl sites for hydroxylation is 1. The molecular weight excluding hydrogens is 206 g/mol. The summed E-state index contributed by atoms with van der Waals surface area (Å²) < 4.78 is 0. The van der Waals surface area contributed by atoms with E-state index in [0.29, 0.717) is 11.5 Å². The summed E-state index contributed by atoms with van der Waals surface area (Å²) in [6.07, 6.45) is 4.99. The van der Waals surface area contributed by atoms with Crippen LogP contribution in [0.3, 0.4) is 0 Å². The number of fused-ring (bicyclic) bond motifs is 1. The van der Waals surface area contributed by atoms with Crippen molar-refractivity contribution in [3.8, 4) is 0 Å². The molecule has 0 fully saturated rings. The van der Waals surface area contributed by atoms with Gasteiger partial charge in [-0.3, -0.25) is 0 Å². The minimum atomic E-state index is 0.449. The van der Waals surface area contributed by atoms with Gasteiger partial charge in [0.05, 0.1) is 0 Å². The molecule has 1 aromatic carbocycles. The van der Waals surface area contributed by atoms with Gasteiger partial charge < -0.3 is 5.32 Å². The van der Waals surface area contributed by atoms with Crippen LogP contribution in [0.1, 0.15) is 57.2 Å². The largest absolute Gasteiger partial charge is 0.310 e. The highest BCUT2D eigenvalue weighted by atomic mass is 14.9. The third kappa shape index (κ3) is 3.10. The van der Waals surface area contributed by atoms with Crippen molar-refractivity contribution in [1.29, 1.82) is 0 Å². The van der Waals surface area contributed by atoms with Gasteiger partial charge in [0.15, 0.2) is 0 Å². The predicted octanol–water partition coefficient (Wildman–Crippen LogP) is 4.09. The Balaban J connectivity index is 2.26. The van der Waals surface area contributed by atoms with Gasteiger partial charge in [-0.2, -0.15) is 0 Å². The van der Waals surface area contributed by atoms with E-state index < -0.39 is 0 Å². The molecule has 0 amide bonds. The fourth-order valence-corrected chi connectivity index (χ4v) is 2.84. The molecule has 0 spiro atoms. The van der Waals surface area contributed by atoms with Crippen LogP contribution < -0.4 is 5.32 Å². The summed E-state index contributed by atoms with van der Waals surface area (Å²) in [5, 5.41) is 3.72. The summed E-state index contributed by atoms with van der Waals surface area (Å²) in [7, 11) is 0. The van der Waals surface area contributed by atoms with Gasteiger partial charge in [0.2, 0.25) is 0 Å².